The van der Waals surface area contributed by atoms with Crippen molar-refractivity contribution >= 4 is 29.3 Å². The number of terminal acetylenes is 1. The number of halogens is 4. The van der Waals surface area contributed by atoms with E-state index in [9.17, 15) is 32.7 Å². The van der Waals surface area contributed by atoms with Crippen LogP contribution in [0, 0.1) is 12.3 Å². The molecule has 12 nitrogen and oxygen atoms in total. The summed E-state index contributed by atoms with van der Waals surface area (Å²) >= 11 is 6.42. The lowest BCUT2D eigenvalue weighted by Gasteiger charge is -2.36. The number of piperazine rings is 1. The molecule has 44 heavy (non-hydrogen) atoms. The Labute approximate surface area is 254 Å². The van der Waals surface area contributed by atoms with Gasteiger partial charge in [-0.25, -0.2) is 4.98 Å². The minimum absolute atomic E-state index is 0.00437. The van der Waals surface area contributed by atoms with E-state index in [1.807, 2.05) is 0 Å². The van der Waals surface area contributed by atoms with Gasteiger partial charge in [0.1, 0.15) is 0 Å². The minimum Gasteiger partial charge on any atom is -0.392 e. The lowest BCUT2D eigenvalue weighted by Crippen LogP contribution is -2.54. The van der Waals surface area contributed by atoms with E-state index in [2.05, 4.69) is 36.7 Å². The fourth-order valence-corrected chi connectivity index (χ4v) is 5.48. The van der Waals surface area contributed by atoms with E-state index in [0.29, 0.717) is 44.7 Å². The predicted octanol–water partition coefficient (Wildman–Crippen LogP) is 1.58. The Bertz CT molecular complexity index is 1610. The number of imidazole rings is 1. The number of nitrogens with one attached hydrogen (secondary N) is 4. The van der Waals surface area contributed by atoms with Gasteiger partial charge in [-0.3, -0.25) is 19.5 Å². The largest absolute Gasteiger partial charge is 0.435 e. The van der Waals surface area contributed by atoms with Crippen LogP contribution >= 0.6 is 11.6 Å². The smallest absolute Gasteiger partial charge is 0.392 e. The van der Waals surface area contributed by atoms with Crippen LogP contribution in [-0.2, 0) is 23.9 Å². The first-order chi connectivity index (χ1) is 21.0. The van der Waals surface area contributed by atoms with Crippen molar-refractivity contribution in [1.82, 2.24) is 40.6 Å². The summed E-state index contributed by atoms with van der Waals surface area (Å²) in [6.45, 7) is 1.75. The molecule has 0 bridgehead atoms. The SMILES string of the molecule is C#CCc1[nH]nc(C(F)(F)F)c1-c1cnc(C(=O)NCc2ccc(C(=O)N3CCN(C(=O)[C@@H]4C[C@@H](O)CN4)CC3)c(Cl)c2)[nH]1. The Hall–Kier alpha value is -4.39. The van der Waals surface area contributed by atoms with Gasteiger partial charge in [0.2, 0.25) is 5.91 Å². The molecule has 1 aromatic carbocycles. The molecule has 0 saturated carbocycles. The molecular weight excluding hydrogens is 605 g/mol. The maximum absolute atomic E-state index is 13.5. The Balaban J connectivity index is 1.18. The van der Waals surface area contributed by atoms with Crippen LogP contribution in [0.1, 0.15) is 44.3 Å². The highest BCUT2D eigenvalue weighted by Crippen LogP contribution is 2.37. The van der Waals surface area contributed by atoms with Gasteiger partial charge in [-0.15, -0.1) is 12.3 Å². The van der Waals surface area contributed by atoms with E-state index in [1.54, 1.807) is 21.9 Å². The quantitative estimate of drug-likeness (QED) is 0.247. The van der Waals surface area contributed by atoms with Gasteiger partial charge in [0.15, 0.2) is 11.5 Å². The van der Waals surface area contributed by atoms with E-state index < -0.39 is 29.9 Å². The number of amides is 3. The Morgan fingerprint density at radius 2 is 1.91 bits per heavy atom. The monoisotopic (exact) mass is 632 g/mol. The molecule has 4 heterocycles. The number of H-pyrrole nitrogens is 2. The maximum Gasteiger partial charge on any atom is 0.435 e. The van der Waals surface area contributed by atoms with E-state index in [-0.39, 0.29) is 58.1 Å². The zero-order chi connectivity index (χ0) is 31.6. The van der Waals surface area contributed by atoms with Crippen molar-refractivity contribution < 1.29 is 32.7 Å². The van der Waals surface area contributed by atoms with E-state index in [4.69, 9.17) is 18.0 Å². The third-order valence-corrected chi connectivity index (χ3v) is 7.76. The number of rotatable bonds is 7. The third-order valence-electron chi connectivity index (χ3n) is 7.45. The normalized spacial score (nSPS) is 18.7. The van der Waals surface area contributed by atoms with Crippen molar-refractivity contribution in [3.05, 3.63) is 57.8 Å². The van der Waals surface area contributed by atoms with Crippen molar-refractivity contribution in [1.29, 1.82) is 0 Å². The Morgan fingerprint density at radius 1 is 1.18 bits per heavy atom. The van der Waals surface area contributed by atoms with Gasteiger partial charge in [-0.2, -0.15) is 18.3 Å². The molecule has 232 valence electrons. The van der Waals surface area contributed by atoms with Gasteiger partial charge in [0.05, 0.1) is 52.3 Å². The van der Waals surface area contributed by atoms with Crippen LogP contribution in [0.4, 0.5) is 13.2 Å². The number of alkyl halides is 3. The number of hydrogen-bond donors (Lipinski definition) is 5. The van der Waals surface area contributed by atoms with Crippen LogP contribution in [0.15, 0.2) is 24.4 Å². The number of hydrogen-bond acceptors (Lipinski definition) is 7. The molecule has 5 N–H and O–H groups in total. The standard InChI is InChI=1S/C28H28ClF3N8O4/c1-2-3-19-22(23(38-37-19)28(30,31)32)21-14-34-24(36-21)25(42)35-12-15-4-5-17(18(29)10-15)26(43)39-6-8-40(9-7-39)27(44)20-11-16(41)13-33-20/h1,4-5,10,14,16,20,33,41H,3,6-9,11-13H2,(H,34,36)(H,35,42)(H,37,38)/t16-,20+/m1/s1. The second-order valence-corrected chi connectivity index (χ2v) is 10.8. The molecule has 2 aromatic heterocycles. The number of aromatic amines is 2. The Kier molecular flexibility index (Phi) is 8.95. The van der Waals surface area contributed by atoms with Crippen LogP contribution < -0.4 is 10.6 Å². The summed E-state index contributed by atoms with van der Waals surface area (Å²) in [7, 11) is 0. The van der Waals surface area contributed by atoms with Gasteiger partial charge in [0, 0.05) is 39.3 Å². The minimum atomic E-state index is -4.76. The van der Waals surface area contributed by atoms with Crippen molar-refractivity contribution in [2.24, 2.45) is 0 Å². The lowest BCUT2D eigenvalue weighted by atomic mass is 10.1. The summed E-state index contributed by atoms with van der Waals surface area (Å²) in [6.07, 6.45) is 1.28. The molecule has 2 atom stereocenters. The summed E-state index contributed by atoms with van der Waals surface area (Å²) in [6, 6.07) is 4.28. The summed E-state index contributed by atoms with van der Waals surface area (Å²) in [5.74, 6) is 0.972. The van der Waals surface area contributed by atoms with Gasteiger partial charge >= 0.3 is 6.18 Å². The van der Waals surface area contributed by atoms with Crippen LogP contribution in [0.3, 0.4) is 0 Å². The maximum atomic E-state index is 13.5. The highest BCUT2D eigenvalue weighted by atomic mass is 35.5. The van der Waals surface area contributed by atoms with Gasteiger partial charge in [-0.1, -0.05) is 17.7 Å². The summed E-state index contributed by atoms with van der Waals surface area (Å²) in [5.41, 5.74) is -0.684. The highest BCUT2D eigenvalue weighted by molar-refractivity contribution is 6.33. The molecule has 3 amide bonds. The first-order valence-corrected chi connectivity index (χ1v) is 14.0. The van der Waals surface area contributed by atoms with Crippen molar-refractivity contribution in [3.8, 4) is 23.6 Å². The molecule has 16 heteroatoms. The molecule has 2 saturated heterocycles. The molecule has 2 aliphatic heterocycles. The zero-order valence-electron chi connectivity index (χ0n) is 23.2. The molecule has 2 fully saturated rings. The zero-order valence-corrected chi connectivity index (χ0v) is 23.9. The molecular formula is C28H28ClF3N8O4. The van der Waals surface area contributed by atoms with Gasteiger partial charge in [-0.05, 0) is 24.1 Å². The summed E-state index contributed by atoms with van der Waals surface area (Å²) in [5, 5.41) is 21.1. The first-order valence-electron chi connectivity index (χ1n) is 13.7. The summed E-state index contributed by atoms with van der Waals surface area (Å²) < 4.78 is 40.4. The third kappa shape index (κ3) is 6.57. The molecule has 3 aromatic rings. The number of β-amino-alcohol motifs (C(OH)–C–C–N with tert-alkyl or cyclic N) is 1. The second-order valence-electron chi connectivity index (χ2n) is 10.4. The van der Waals surface area contributed by atoms with Gasteiger partial charge < -0.3 is 30.5 Å². The fourth-order valence-electron chi connectivity index (χ4n) is 5.20. The Morgan fingerprint density at radius 3 is 2.55 bits per heavy atom. The van der Waals surface area contributed by atoms with Crippen LogP contribution in [0.2, 0.25) is 5.02 Å². The molecule has 5 rings (SSSR count). The average Bonchev–Trinajstić information content (AvgIpc) is 3.75. The number of nitrogens with zero attached hydrogens (tertiary/aromatic N) is 4. The number of benzene rings is 1. The van der Waals surface area contributed by atoms with E-state index in [0.717, 1.165) is 6.20 Å². The molecule has 0 unspecified atom stereocenters. The second kappa shape index (κ2) is 12.7. The fraction of sp³-hybridized carbons (Fsp3) is 0.393. The number of aliphatic hydroxyl groups excluding tert-OH is 1. The molecule has 0 aliphatic carbocycles. The average molecular weight is 633 g/mol. The molecule has 0 radical (unpaired) electrons. The van der Waals surface area contributed by atoms with Crippen LogP contribution in [0.25, 0.3) is 11.3 Å². The summed E-state index contributed by atoms with van der Waals surface area (Å²) in [4.78, 5) is 48.3. The highest BCUT2D eigenvalue weighted by Gasteiger charge is 2.39. The van der Waals surface area contributed by atoms with Crippen LogP contribution in [0.5, 0.6) is 0 Å². The van der Waals surface area contributed by atoms with Gasteiger partial charge in [0.25, 0.3) is 11.8 Å². The molecule has 2 aliphatic rings. The lowest BCUT2D eigenvalue weighted by molar-refractivity contribution is -0.140. The van der Waals surface area contributed by atoms with Crippen molar-refractivity contribution in [2.45, 2.75) is 37.7 Å². The van der Waals surface area contributed by atoms with E-state index in [1.165, 1.54) is 6.07 Å². The van der Waals surface area contributed by atoms with Crippen molar-refractivity contribution in [2.75, 3.05) is 32.7 Å². The topological polar surface area (TPSA) is 159 Å². The number of carbonyl (C=O) groups excluding carboxylic acids is 3. The number of aromatic nitrogens is 4. The number of carbonyl (C=O) groups is 3. The number of aliphatic hydroxyl groups is 1. The molecule has 0 spiro atoms. The first kappa shape index (κ1) is 31.0. The predicted molar refractivity (Wildman–Crippen MR) is 151 cm³/mol. The van der Waals surface area contributed by atoms with E-state index >= 15 is 0 Å². The van der Waals surface area contributed by atoms with Crippen molar-refractivity contribution in [3.63, 3.8) is 0 Å². The van der Waals surface area contributed by atoms with Crippen LogP contribution in [-0.4, -0.2) is 97.7 Å².